The number of nitrogens with one attached hydrogen (secondary N) is 3. The number of nitrogens with two attached hydrogens (primary N) is 1. The van der Waals surface area contributed by atoms with Crippen LogP contribution in [-0.2, 0) is 6.54 Å². The van der Waals surface area contributed by atoms with Crippen LogP contribution in [0.3, 0.4) is 0 Å². The van der Waals surface area contributed by atoms with Gasteiger partial charge in [0, 0.05) is 18.2 Å². The van der Waals surface area contributed by atoms with Crippen molar-refractivity contribution in [2.45, 2.75) is 56.7 Å². The van der Waals surface area contributed by atoms with Crippen molar-refractivity contribution in [1.29, 1.82) is 0 Å². The molecule has 9 nitrogen and oxygen atoms in total. The summed E-state index contributed by atoms with van der Waals surface area (Å²) in [5.41, 5.74) is 4.85. The number of para-hydroxylation sites is 1. The SMILES string of the molecule is NC1(CC2CCC(NCCF)CC2)NC(=NCc2ccccc2OC(F)(F)F)NC=C1[N+](=O)[O-]. The third-order valence-corrected chi connectivity index (χ3v) is 5.93. The van der Waals surface area contributed by atoms with Crippen molar-refractivity contribution in [3.63, 3.8) is 0 Å². The highest BCUT2D eigenvalue weighted by Crippen LogP contribution is 2.33. The first-order valence-electron chi connectivity index (χ1n) is 11.0. The largest absolute Gasteiger partial charge is 0.573 e. The van der Waals surface area contributed by atoms with Crippen LogP contribution in [-0.4, -0.2) is 42.2 Å². The molecule has 188 valence electrons. The van der Waals surface area contributed by atoms with Crippen LogP contribution >= 0.6 is 0 Å². The van der Waals surface area contributed by atoms with Crippen LogP contribution in [0, 0.1) is 16.0 Å². The topological polar surface area (TPSA) is 127 Å². The molecule has 0 bridgehead atoms. The highest BCUT2D eigenvalue weighted by molar-refractivity contribution is 5.83. The molecule has 1 saturated carbocycles. The minimum atomic E-state index is -4.85. The first kappa shape index (κ1) is 25.7. The Morgan fingerprint density at radius 3 is 2.62 bits per heavy atom. The number of nitrogens with zero attached hydrogens (tertiary/aromatic N) is 2. The van der Waals surface area contributed by atoms with Gasteiger partial charge in [-0.15, -0.1) is 13.2 Å². The minimum absolute atomic E-state index is 0.101. The molecule has 1 aromatic carbocycles. The number of hydrogen-bond acceptors (Lipinski definition) is 6. The lowest BCUT2D eigenvalue weighted by molar-refractivity contribution is -0.437. The first-order valence-corrected chi connectivity index (χ1v) is 11.0. The van der Waals surface area contributed by atoms with Gasteiger partial charge in [-0.05, 0) is 44.1 Å². The Balaban J connectivity index is 1.70. The van der Waals surface area contributed by atoms with Crippen LogP contribution in [0.4, 0.5) is 17.6 Å². The van der Waals surface area contributed by atoms with E-state index in [0.717, 1.165) is 31.9 Å². The molecule has 1 heterocycles. The van der Waals surface area contributed by atoms with E-state index in [9.17, 15) is 27.7 Å². The summed E-state index contributed by atoms with van der Waals surface area (Å²) in [6, 6.07) is 5.80. The number of guanidine groups is 1. The van der Waals surface area contributed by atoms with Crippen molar-refractivity contribution < 1.29 is 27.2 Å². The van der Waals surface area contributed by atoms with Crippen molar-refractivity contribution in [2.75, 3.05) is 13.2 Å². The Morgan fingerprint density at radius 1 is 1.26 bits per heavy atom. The number of halogens is 4. The monoisotopic (exact) mass is 488 g/mol. The van der Waals surface area contributed by atoms with Gasteiger partial charge in [-0.1, -0.05) is 18.2 Å². The number of benzene rings is 1. The Bertz CT molecular complexity index is 918. The number of hydrogen-bond donors (Lipinski definition) is 4. The van der Waals surface area contributed by atoms with Crippen molar-refractivity contribution in [3.05, 3.63) is 51.8 Å². The molecular formula is C21H28F4N6O3. The van der Waals surface area contributed by atoms with Gasteiger partial charge >= 0.3 is 12.1 Å². The molecule has 1 atom stereocenters. The molecular weight excluding hydrogens is 460 g/mol. The maximum atomic E-state index is 12.7. The van der Waals surface area contributed by atoms with E-state index in [1.807, 2.05) is 0 Å². The second-order valence-corrected chi connectivity index (χ2v) is 8.41. The summed E-state index contributed by atoms with van der Waals surface area (Å²) in [6.45, 7) is -0.312. The summed E-state index contributed by atoms with van der Waals surface area (Å²) in [7, 11) is 0. The van der Waals surface area contributed by atoms with Gasteiger partial charge in [0.1, 0.15) is 12.4 Å². The Morgan fingerprint density at radius 2 is 1.97 bits per heavy atom. The van der Waals surface area contributed by atoms with Crippen LogP contribution in [0.15, 0.2) is 41.2 Å². The highest BCUT2D eigenvalue weighted by Gasteiger charge is 2.44. The molecule has 1 aromatic rings. The van der Waals surface area contributed by atoms with E-state index in [2.05, 4.69) is 25.7 Å². The number of nitro groups is 1. The summed E-state index contributed by atoms with van der Waals surface area (Å²) in [5, 5.41) is 20.3. The van der Waals surface area contributed by atoms with Gasteiger partial charge in [0.05, 0.1) is 17.7 Å². The summed E-state index contributed by atoms with van der Waals surface area (Å²) in [5.74, 6) is -0.174. The van der Waals surface area contributed by atoms with Gasteiger partial charge in [-0.2, -0.15) is 0 Å². The average Bonchev–Trinajstić information content (AvgIpc) is 2.76. The predicted octanol–water partition coefficient (Wildman–Crippen LogP) is 2.92. The summed E-state index contributed by atoms with van der Waals surface area (Å²) in [6.07, 6.45) is -0.247. The molecule has 0 spiro atoms. The Hall–Kier alpha value is -2.93. The lowest BCUT2D eigenvalue weighted by Crippen LogP contribution is -2.64. The second kappa shape index (κ2) is 11.0. The van der Waals surface area contributed by atoms with E-state index in [4.69, 9.17) is 5.73 Å². The molecule has 13 heteroatoms. The Kier molecular flexibility index (Phi) is 8.31. The van der Waals surface area contributed by atoms with Crippen LogP contribution in [0.1, 0.15) is 37.7 Å². The second-order valence-electron chi connectivity index (χ2n) is 8.41. The molecule has 2 aliphatic rings. The van der Waals surface area contributed by atoms with E-state index in [1.165, 1.54) is 18.2 Å². The van der Waals surface area contributed by atoms with E-state index in [0.29, 0.717) is 6.54 Å². The quantitative estimate of drug-likeness (QED) is 0.239. The fourth-order valence-corrected chi connectivity index (χ4v) is 4.34. The third kappa shape index (κ3) is 7.03. The average molecular weight is 488 g/mol. The maximum Gasteiger partial charge on any atom is 0.573 e. The van der Waals surface area contributed by atoms with Crippen LogP contribution < -0.4 is 26.4 Å². The normalized spacial score (nSPS) is 26.4. The molecule has 0 aromatic heterocycles. The molecule has 0 saturated heterocycles. The van der Waals surface area contributed by atoms with E-state index in [1.54, 1.807) is 6.07 Å². The summed E-state index contributed by atoms with van der Waals surface area (Å²) >= 11 is 0. The third-order valence-electron chi connectivity index (χ3n) is 5.93. The molecule has 0 amide bonds. The van der Waals surface area contributed by atoms with Crippen molar-refractivity contribution >= 4 is 5.96 Å². The molecule has 1 fully saturated rings. The molecule has 3 rings (SSSR count). The lowest BCUT2D eigenvalue weighted by atomic mass is 9.80. The van der Waals surface area contributed by atoms with Gasteiger partial charge in [-0.3, -0.25) is 15.8 Å². The molecule has 1 aliphatic heterocycles. The number of ether oxygens (including phenoxy) is 1. The van der Waals surface area contributed by atoms with Crippen LogP contribution in [0.25, 0.3) is 0 Å². The van der Waals surface area contributed by atoms with Gasteiger partial charge in [0.15, 0.2) is 11.6 Å². The van der Waals surface area contributed by atoms with Crippen molar-refractivity contribution in [1.82, 2.24) is 16.0 Å². The zero-order valence-corrected chi connectivity index (χ0v) is 18.4. The molecule has 1 unspecified atom stereocenters. The smallest absolute Gasteiger partial charge is 0.405 e. The van der Waals surface area contributed by atoms with E-state index in [-0.39, 0.29) is 47.9 Å². The van der Waals surface area contributed by atoms with Crippen LogP contribution in [0.5, 0.6) is 5.75 Å². The number of aliphatic imine (C=N–C) groups is 1. The first-order chi connectivity index (χ1) is 16.1. The fourth-order valence-electron chi connectivity index (χ4n) is 4.34. The van der Waals surface area contributed by atoms with Gasteiger partial charge < -0.3 is 20.7 Å². The minimum Gasteiger partial charge on any atom is -0.405 e. The standard InChI is InChI=1S/C21H28F4N6O3/c22-9-10-27-16-7-5-14(6-8-16)11-20(26)18(31(32)33)13-29-19(30-20)28-12-15-3-1-2-4-17(15)34-21(23,24)25/h1-4,13-14,16,27H,5-12,26H2,(H2,28,29,30). The van der Waals surface area contributed by atoms with Crippen molar-refractivity contribution in [2.24, 2.45) is 16.6 Å². The highest BCUT2D eigenvalue weighted by atomic mass is 19.4. The van der Waals surface area contributed by atoms with Gasteiger partial charge in [0.25, 0.3) is 0 Å². The summed E-state index contributed by atoms with van der Waals surface area (Å²) < 4.78 is 54.4. The molecule has 5 N–H and O–H groups in total. The molecule has 34 heavy (non-hydrogen) atoms. The van der Waals surface area contributed by atoms with Crippen molar-refractivity contribution in [3.8, 4) is 5.75 Å². The number of rotatable bonds is 9. The number of alkyl halides is 4. The zero-order valence-electron chi connectivity index (χ0n) is 18.4. The maximum absolute atomic E-state index is 12.7. The van der Waals surface area contributed by atoms with E-state index < -0.39 is 23.6 Å². The molecule has 0 radical (unpaired) electrons. The zero-order chi connectivity index (χ0) is 24.8. The predicted molar refractivity (Wildman–Crippen MR) is 117 cm³/mol. The van der Waals surface area contributed by atoms with E-state index >= 15 is 0 Å². The fraction of sp³-hybridized carbons (Fsp3) is 0.571. The molecule has 1 aliphatic carbocycles. The van der Waals surface area contributed by atoms with Gasteiger partial charge in [0.2, 0.25) is 0 Å². The Labute approximate surface area is 194 Å². The summed E-state index contributed by atoms with van der Waals surface area (Å²) in [4.78, 5) is 15.3. The lowest BCUT2D eigenvalue weighted by Gasteiger charge is -2.37. The van der Waals surface area contributed by atoms with Crippen LogP contribution in [0.2, 0.25) is 0 Å². The van der Waals surface area contributed by atoms with Gasteiger partial charge in [-0.25, -0.2) is 9.38 Å².